The quantitative estimate of drug-likeness (QED) is 0.445. The van der Waals surface area contributed by atoms with E-state index in [-0.39, 0.29) is 5.56 Å². The zero-order valence-electron chi connectivity index (χ0n) is 15.5. The van der Waals surface area contributed by atoms with Crippen LogP contribution in [0.3, 0.4) is 0 Å². The van der Waals surface area contributed by atoms with Crippen molar-refractivity contribution in [1.29, 1.82) is 0 Å². The Kier molecular flexibility index (Phi) is 4.10. The van der Waals surface area contributed by atoms with Gasteiger partial charge in [0.05, 0.1) is 27.8 Å². The van der Waals surface area contributed by atoms with Crippen LogP contribution in [-0.2, 0) is 7.05 Å². The Balaban J connectivity index is 1.67. The summed E-state index contributed by atoms with van der Waals surface area (Å²) >= 11 is 1.69. The molecule has 0 spiro atoms. The van der Waals surface area contributed by atoms with Crippen molar-refractivity contribution in [3.63, 3.8) is 0 Å². The molecule has 3 heterocycles. The Bertz CT molecular complexity index is 1370. The lowest BCUT2D eigenvalue weighted by Gasteiger charge is -2.04. The lowest BCUT2D eigenvalue weighted by Crippen LogP contribution is -1.97. The first-order chi connectivity index (χ1) is 14.1. The molecule has 0 aliphatic carbocycles. The van der Waals surface area contributed by atoms with Gasteiger partial charge in [0.25, 0.3) is 0 Å². The highest BCUT2D eigenvalue weighted by atomic mass is 32.2. The number of pyridine rings is 1. The van der Waals surface area contributed by atoms with E-state index in [2.05, 4.69) is 28.2 Å². The van der Waals surface area contributed by atoms with Gasteiger partial charge in [0.1, 0.15) is 5.69 Å². The van der Waals surface area contributed by atoms with E-state index in [0.717, 1.165) is 32.1 Å². The van der Waals surface area contributed by atoms with Crippen LogP contribution in [0.15, 0.2) is 76.7 Å². The van der Waals surface area contributed by atoms with Crippen LogP contribution >= 0.6 is 11.8 Å². The van der Waals surface area contributed by atoms with Crippen LogP contribution < -0.4 is 0 Å². The smallest absolute Gasteiger partial charge is 0.337 e. The molecule has 29 heavy (non-hydrogen) atoms. The van der Waals surface area contributed by atoms with Crippen molar-refractivity contribution >= 4 is 39.7 Å². The molecule has 2 aromatic carbocycles. The maximum absolute atomic E-state index is 11.5. The summed E-state index contributed by atoms with van der Waals surface area (Å²) in [6.45, 7) is 0. The largest absolute Gasteiger partial charge is 0.478 e. The van der Waals surface area contributed by atoms with Crippen molar-refractivity contribution in [2.75, 3.05) is 0 Å². The van der Waals surface area contributed by atoms with Crippen molar-refractivity contribution in [3.8, 4) is 11.4 Å². The Hall–Kier alpha value is -3.58. The number of carbonyl (C=O) groups is 1. The molecule has 142 valence electrons. The predicted octanol–water partition coefficient (Wildman–Crippen LogP) is 4.97. The molecule has 0 atom stereocenters. The van der Waals surface area contributed by atoms with Crippen molar-refractivity contribution in [3.05, 3.63) is 72.4 Å². The zero-order valence-corrected chi connectivity index (χ0v) is 16.3. The van der Waals surface area contributed by atoms with Gasteiger partial charge in [-0.15, -0.1) is 0 Å². The number of H-pyrrole nitrogens is 1. The molecule has 5 rings (SSSR count). The van der Waals surface area contributed by atoms with Crippen molar-refractivity contribution in [1.82, 2.24) is 19.7 Å². The number of benzene rings is 2. The fourth-order valence-corrected chi connectivity index (χ4v) is 4.56. The van der Waals surface area contributed by atoms with E-state index in [4.69, 9.17) is 5.10 Å². The van der Waals surface area contributed by atoms with Crippen LogP contribution in [0.25, 0.3) is 33.3 Å². The van der Waals surface area contributed by atoms with Crippen LogP contribution in [0.2, 0.25) is 0 Å². The van der Waals surface area contributed by atoms with Gasteiger partial charge in [-0.25, -0.2) is 4.79 Å². The highest BCUT2D eigenvalue weighted by molar-refractivity contribution is 7.99. The van der Waals surface area contributed by atoms with Crippen molar-refractivity contribution < 1.29 is 9.90 Å². The topological polar surface area (TPSA) is 83.8 Å². The van der Waals surface area contributed by atoms with E-state index in [1.165, 1.54) is 12.3 Å². The Labute approximate surface area is 170 Å². The van der Waals surface area contributed by atoms with Crippen molar-refractivity contribution in [2.24, 2.45) is 7.05 Å². The molecule has 0 bridgehead atoms. The minimum Gasteiger partial charge on any atom is -0.478 e. The molecule has 5 aromatic rings. The fourth-order valence-electron chi connectivity index (χ4n) is 3.53. The molecule has 6 nitrogen and oxygen atoms in total. The fraction of sp³-hybridized carbons (Fsp3) is 0.0455. The zero-order chi connectivity index (χ0) is 20.0. The molecular weight excluding hydrogens is 384 g/mol. The summed E-state index contributed by atoms with van der Waals surface area (Å²) < 4.78 is 1.87. The molecule has 0 saturated carbocycles. The van der Waals surface area contributed by atoms with E-state index in [1.54, 1.807) is 11.8 Å². The number of nitrogens with zero attached hydrogens (tertiary/aromatic N) is 3. The molecule has 0 amide bonds. The van der Waals surface area contributed by atoms with Crippen LogP contribution in [0.4, 0.5) is 0 Å². The molecule has 3 aromatic heterocycles. The minimum atomic E-state index is -0.988. The number of rotatable bonds is 4. The molecule has 2 N–H and O–H groups in total. The van der Waals surface area contributed by atoms with Crippen LogP contribution in [0.1, 0.15) is 10.4 Å². The van der Waals surface area contributed by atoms with Gasteiger partial charge in [-0.3, -0.25) is 9.67 Å². The molecular formula is C22H16N4O2S. The highest BCUT2D eigenvalue weighted by Gasteiger charge is 2.18. The van der Waals surface area contributed by atoms with Gasteiger partial charge in [0.2, 0.25) is 0 Å². The van der Waals surface area contributed by atoms with E-state index in [9.17, 15) is 9.90 Å². The maximum Gasteiger partial charge on any atom is 0.337 e. The summed E-state index contributed by atoms with van der Waals surface area (Å²) in [7, 11) is 1.92. The average Bonchev–Trinajstić information content (AvgIpc) is 3.30. The first-order valence-corrected chi connectivity index (χ1v) is 9.83. The monoisotopic (exact) mass is 400 g/mol. The molecule has 0 unspecified atom stereocenters. The summed E-state index contributed by atoms with van der Waals surface area (Å²) in [5.74, 6) is -0.988. The number of fused-ring (bicyclic) bond motifs is 2. The van der Waals surface area contributed by atoms with E-state index in [0.29, 0.717) is 11.0 Å². The van der Waals surface area contributed by atoms with Crippen LogP contribution in [0.5, 0.6) is 0 Å². The number of para-hydroxylation sites is 1. The second-order valence-corrected chi connectivity index (χ2v) is 7.76. The predicted molar refractivity (Wildman–Crippen MR) is 113 cm³/mol. The van der Waals surface area contributed by atoms with Gasteiger partial charge in [0, 0.05) is 28.4 Å². The number of nitrogens with one attached hydrogen (secondary N) is 1. The number of hydrogen-bond acceptors (Lipinski definition) is 4. The average molecular weight is 400 g/mol. The summed E-state index contributed by atoms with van der Waals surface area (Å²) in [4.78, 5) is 21.3. The summed E-state index contributed by atoms with van der Waals surface area (Å²) in [6.07, 6.45) is 1.51. The third-order valence-corrected chi connectivity index (χ3v) is 5.86. The molecule has 0 aliphatic heterocycles. The van der Waals surface area contributed by atoms with Crippen LogP contribution in [0, 0.1) is 0 Å². The third-order valence-electron chi connectivity index (χ3n) is 4.81. The van der Waals surface area contributed by atoms with Gasteiger partial charge in [-0.05, 0) is 30.3 Å². The lowest BCUT2D eigenvalue weighted by atomic mass is 10.1. The summed E-state index contributed by atoms with van der Waals surface area (Å²) in [5, 5.41) is 15.2. The molecule has 0 aliphatic rings. The normalized spacial score (nSPS) is 11.3. The lowest BCUT2D eigenvalue weighted by molar-refractivity contribution is 0.0698. The standard InChI is InChI=1S/C22H16N4O2S/c1-26-21-14(8-5-9-18(21)29-13-6-3-2-4-7-13)20(25-26)17-12-16-19(24-17)15(22(27)28)10-11-23-16/h2-12,24H,1H3,(H,27,28). The second kappa shape index (κ2) is 6.79. The van der Waals surface area contributed by atoms with Gasteiger partial charge in [-0.2, -0.15) is 5.10 Å². The van der Waals surface area contributed by atoms with Gasteiger partial charge >= 0.3 is 5.97 Å². The van der Waals surface area contributed by atoms with Crippen LogP contribution in [-0.4, -0.2) is 30.8 Å². The first kappa shape index (κ1) is 17.5. The maximum atomic E-state index is 11.5. The second-order valence-electron chi connectivity index (χ2n) is 6.65. The highest BCUT2D eigenvalue weighted by Crippen LogP contribution is 2.37. The molecule has 0 fully saturated rings. The number of aromatic carboxylic acids is 1. The molecule has 0 saturated heterocycles. The Morgan fingerprint density at radius 1 is 1.10 bits per heavy atom. The van der Waals surface area contributed by atoms with E-state index in [1.807, 2.05) is 48.1 Å². The van der Waals surface area contributed by atoms with E-state index >= 15 is 0 Å². The van der Waals surface area contributed by atoms with E-state index < -0.39 is 5.97 Å². The molecule has 0 radical (unpaired) electrons. The van der Waals surface area contributed by atoms with Gasteiger partial charge in [0.15, 0.2) is 0 Å². The van der Waals surface area contributed by atoms with Gasteiger partial charge in [-0.1, -0.05) is 42.1 Å². The number of aromatic nitrogens is 4. The number of aromatic amines is 1. The Morgan fingerprint density at radius 2 is 1.93 bits per heavy atom. The number of aryl methyl sites for hydroxylation is 1. The number of hydrogen-bond donors (Lipinski definition) is 2. The van der Waals surface area contributed by atoms with Gasteiger partial charge < -0.3 is 10.1 Å². The summed E-state index contributed by atoms with van der Waals surface area (Å²) in [6, 6.07) is 19.7. The van der Waals surface area contributed by atoms with Crippen molar-refractivity contribution in [2.45, 2.75) is 9.79 Å². The third kappa shape index (κ3) is 2.96. The minimum absolute atomic E-state index is 0.196. The molecule has 7 heteroatoms. The number of carboxylic acids is 1. The Morgan fingerprint density at radius 3 is 2.72 bits per heavy atom. The SMILES string of the molecule is Cn1nc(-c2cc3nccc(C(=O)O)c3[nH]2)c2cccc(Sc3ccccc3)c21. The summed E-state index contributed by atoms with van der Waals surface area (Å²) in [5.41, 5.74) is 3.85. The number of carboxylic acid groups (broad SMARTS) is 1. The first-order valence-electron chi connectivity index (χ1n) is 9.02.